The van der Waals surface area contributed by atoms with E-state index in [0.717, 1.165) is 37.3 Å². The first-order chi connectivity index (χ1) is 15.5. The minimum absolute atomic E-state index is 0.0883. The highest BCUT2D eigenvalue weighted by Crippen LogP contribution is 2.60. The third-order valence-electron chi connectivity index (χ3n) is 8.20. The van der Waals surface area contributed by atoms with Crippen molar-refractivity contribution in [3.05, 3.63) is 59.2 Å². The number of rotatable bonds is 1. The highest BCUT2D eigenvalue weighted by Gasteiger charge is 2.54. The number of aliphatic hydroxyl groups is 1. The van der Waals surface area contributed by atoms with Gasteiger partial charge >= 0.3 is 13.3 Å². The number of phenolic OH excluding ortho intramolecular Hbond substituents is 1. The Morgan fingerprint density at radius 3 is 2.39 bits per heavy atom. The lowest BCUT2D eigenvalue weighted by Gasteiger charge is -2.50. The van der Waals surface area contributed by atoms with Crippen molar-refractivity contribution in [1.29, 1.82) is 0 Å². The first-order valence-electron chi connectivity index (χ1n) is 11.5. The summed E-state index contributed by atoms with van der Waals surface area (Å²) in [4.78, 5) is 0. The summed E-state index contributed by atoms with van der Waals surface area (Å²) >= 11 is 0. The van der Waals surface area contributed by atoms with E-state index in [-0.39, 0.29) is 11.5 Å². The Hall–Kier alpha value is -2.03. The van der Waals surface area contributed by atoms with Crippen LogP contribution >= 0.6 is 0 Å². The van der Waals surface area contributed by atoms with E-state index in [4.69, 9.17) is 10.0 Å². The van der Waals surface area contributed by atoms with Crippen LogP contribution in [0, 0.1) is 17.3 Å². The summed E-state index contributed by atoms with van der Waals surface area (Å²) in [7, 11) is -2.10. The number of hydrogen-bond donors (Lipinski definition) is 4. The van der Waals surface area contributed by atoms with Crippen LogP contribution in [0.25, 0.3) is 0 Å². The molecule has 2 saturated carbocycles. The Balaban J connectivity index is 0.000000174. The molecule has 2 aromatic rings. The van der Waals surface area contributed by atoms with Crippen LogP contribution in [0.3, 0.4) is 0 Å². The van der Waals surface area contributed by atoms with Gasteiger partial charge in [-0.2, -0.15) is 13.2 Å². The molecule has 2 fully saturated rings. The molecule has 0 radical (unpaired) electrons. The van der Waals surface area contributed by atoms with Gasteiger partial charge in [0, 0.05) is 0 Å². The lowest BCUT2D eigenvalue weighted by molar-refractivity contribution is -0.136. The molecule has 8 heteroatoms. The molecule has 4 N–H and O–H groups in total. The number of halogens is 3. The summed E-state index contributed by atoms with van der Waals surface area (Å²) < 4.78 is 36.6. The van der Waals surface area contributed by atoms with Gasteiger partial charge in [0.1, 0.15) is 5.75 Å². The number of phenols is 1. The second kappa shape index (κ2) is 8.97. The predicted molar refractivity (Wildman–Crippen MR) is 120 cm³/mol. The summed E-state index contributed by atoms with van der Waals surface area (Å²) in [5.74, 6) is 2.49. The molecule has 4 nitrogen and oxygen atoms in total. The number of benzene rings is 2. The second-order valence-electron chi connectivity index (χ2n) is 9.89. The van der Waals surface area contributed by atoms with Gasteiger partial charge in [-0.3, -0.25) is 0 Å². The van der Waals surface area contributed by atoms with Crippen molar-refractivity contribution in [2.24, 2.45) is 17.3 Å². The van der Waals surface area contributed by atoms with Gasteiger partial charge in [0.2, 0.25) is 0 Å². The van der Waals surface area contributed by atoms with E-state index < -0.39 is 24.3 Å². The quantitative estimate of drug-likeness (QED) is 0.484. The first-order valence-corrected chi connectivity index (χ1v) is 11.5. The number of aromatic hydroxyl groups is 1. The van der Waals surface area contributed by atoms with Crippen LogP contribution in [-0.2, 0) is 12.6 Å². The maximum absolute atomic E-state index is 12.2. The lowest BCUT2D eigenvalue weighted by Crippen LogP contribution is -2.43. The van der Waals surface area contributed by atoms with Gasteiger partial charge in [0.15, 0.2) is 0 Å². The molecule has 0 aromatic heterocycles. The minimum Gasteiger partial charge on any atom is -0.508 e. The van der Waals surface area contributed by atoms with Gasteiger partial charge in [-0.05, 0) is 90.4 Å². The largest absolute Gasteiger partial charge is 0.508 e. The van der Waals surface area contributed by atoms with Crippen molar-refractivity contribution in [1.82, 2.24) is 0 Å². The van der Waals surface area contributed by atoms with Gasteiger partial charge in [0.25, 0.3) is 0 Å². The van der Waals surface area contributed by atoms with Gasteiger partial charge in [-0.25, -0.2) is 0 Å². The fourth-order valence-electron chi connectivity index (χ4n) is 6.52. The van der Waals surface area contributed by atoms with Gasteiger partial charge < -0.3 is 20.3 Å². The van der Waals surface area contributed by atoms with Gasteiger partial charge in [-0.1, -0.05) is 37.3 Å². The van der Waals surface area contributed by atoms with E-state index in [2.05, 4.69) is 13.0 Å². The van der Waals surface area contributed by atoms with Crippen molar-refractivity contribution in [3.8, 4) is 5.75 Å². The smallest absolute Gasteiger partial charge is 0.489 e. The van der Waals surface area contributed by atoms with E-state index in [1.165, 1.54) is 42.5 Å². The van der Waals surface area contributed by atoms with E-state index in [0.29, 0.717) is 17.6 Å². The zero-order valence-corrected chi connectivity index (χ0v) is 18.6. The van der Waals surface area contributed by atoms with Crippen molar-refractivity contribution in [3.63, 3.8) is 0 Å². The van der Waals surface area contributed by atoms with Crippen LogP contribution in [0.5, 0.6) is 5.75 Å². The second-order valence-corrected chi connectivity index (χ2v) is 9.89. The standard InChI is InChI=1S/C18H24O2.C7H6BF3O2/c1-18-9-8-14-13-5-3-12(19)10-11(13)2-4-15(14)16(18)6-7-17(18)20;9-7(10,11)5-3-1-2-4-6(5)8(12)13/h3,5,10,14-17,19-20H,2,4,6-9H2,1H3;1-4,12-13H/t14-,15-,16+,17+,18+;/m1./s1. The zero-order valence-electron chi connectivity index (χ0n) is 18.6. The molecule has 5 atom stereocenters. The van der Waals surface area contributed by atoms with Crippen LogP contribution in [0.1, 0.15) is 61.6 Å². The number of aliphatic hydroxyl groups excluding tert-OH is 1. The Kier molecular flexibility index (Phi) is 6.55. The van der Waals surface area contributed by atoms with Crippen molar-refractivity contribution >= 4 is 12.6 Å². The van der Waals surface area contributed by atoms with E-state index in [1.54, 1.807) is 0 Å². The number of aryl methyl sites for hydroxylation is 1. The molecule has 3 aliphatic rings. The number of hydrogen-bond acceptors (Lipinski definition) is 4. The molecular formula is C25H30BF3O4. The fraction of sp³-hybridized carbons (Fsp3) is 0.520. The van der Waals surface area contributed by atoms with Crippen LogP contribution in [0.4, 0.5) is 13.2 Å². The Morgan fingerprint density at radius 2 is 1.73 bits per heavy atom. The summed E-state index contributed by atoms with van der Waals surface area (Å²) in [5.41, 5.74) is 1.44. The highest BCUT2D eigenvalue weighted by atomic mass is 19.4. The maximum Gasteiger partial charge on any atom is 0.489 e. The Bertz CT molecular complexity index is 996. The van der Waals surface area contributed by atoms with Crippen LogP contribution < -0.4 is 5.46 Å². The number of fused-ring (bicyclic) bond motifs is 5. The van der Waals surface area contributed by atoms with E-state index in [9.17, 15) is 23.4 Å². The Labute approximate surface area is 192 Å². The molecule has 178 valence electrons. The average Bonchev–Trinajstić information content (AvgIpc) is 3.08. The van der Waals surface area contributed by atoms with E-state index >= 15 is 0 Å². The molecule has 33 heavy (non-hydrogen) atoms. The van der Waals surface area contributed by atoms with Crippen molar-refractivity contribution in [2.45, 2.75) is 63.6 Å². The summed E-state index contributed by atoms with van der Waals surface area (Å²) in [6, 6.07) is 10.3. The molecule has 2 aromatic carbocycles. The summed E-state index contributed by atoms with van der Waals surface area (Å²) in [5, 5.41) is 37.3. The molecule has 0 unspecified atom stereocenters. The van der Waals surface area contributed by atoms with E-state index in [1.807, 2.05) is 12.1 Å². The molecule has 0 bridgehead atoms. The maximum atomic E-state index is 12.2. The molecular weight excluding hydrogens is 432 g/mol. The summed E-state index contributed by atoms with van der Waals surface area (Å²) in [6.45, 7) is 2.32. The molecule has 0 aliphatic heterocycles. The average molecular weight is 462 g/mol. The molecule has 3 aliphatic carbocycles. The third-order valence-corrected chi connectivity index (χ3v) is 8.20. The van der Waals surface area contributed by atoms with Crippen molar-refractivity contribution in [2.75, 3.05) is 0 Å². The fourth-order valence-corrected chi connectivity index (χ4v) is 6.52. The molecule has 5 rings (SSSR count). The monoisotopic (exact) mass is 462 g/mol. The Morgan fingerprint density at radius 1 is 1.00 bits per heavy atom. The lowest BCUT2D eigenvalue weighted by atomic mass is 9.55. The van der Waals surface area contributed by atoms with Crippen LogP contribution in [0.15, 0.2) is 42.5 Å². The van der Waals surface area contributed by atoms with Gasteiger partial charge in [-0.15, -0.1) is 0 Å². The highest BCUT2D eigenvalue weighted by molar-refractivity contribution is 6.59. The predicted octanol–water partition coefficient (Wildman–Crippen LogP) is 3.99. The minimum atomic E-state index is -4.56. The van der Waals surface area contributed by atoms with Crippen LogP contribution in [0.2, 0.25) is 0 Å². The molecule has 0 heterocycles. The molecule has 0 amide bonds. The molecule has 0 saturated heterocycles. The normalized spacial score (nSPS) is 30.4. The topological polar surface area (TPSA) is 80.9 Å². The first kappa shape index (κ1) is 24.1. The SMILES string of the molecule is C[C@]12CC[C@@H]3c4ccc(O)cc4CC[C@H]3[C@@H]1CC[C@@H]2O.OB(O)c1ccccc1C(F)(F)F. The third kappa shape index (κ3) is 4.53. The zero-order chi connectivity index (χ0) is 24.0. The van der Waals surface area contributed by atoms with Gasteiger partial charge in [0.05, 0.1) is 11.7 Å². The number of alkyl halides is 3. The molecule has 0 spiro atoms. The summed E-state index contributed by atoms with van der Waals surface area (Å²) in [6.07, 6.45) is 2.23. The van der Waals surface area contributed by atoms with Crippen molar-refractivity contribution < 1.29 is 33.4 Å². The van der Waals surface area contributed by atoms with Crippen LogP contribution in [-0.4, -0.2) is 33.5 Å².